The molecular formula is C10H11N5S. The maximum atomic E-state index is 5.16. The van der Waals surface area contributed by atoms with Crippen LogP contribution in [-0.4, -0.2) is 24.5 Å². The zero-order valence-corrected chi connectivity index (χ0v) is 9.66. The minimum Gasteiger partial charge on any atom is -0.279 e. The van der Waals surface area contributed by atoms with Gasteiger partial charge < -0.3 is 0 Å². The Bertz CT molecular complexity index is 615. The highest BCUT2D eigenvalue weighted by molar-refractivity contribution is 7.71. The highest BCUT2D eigenvalue weighted by atomic mass is 32.1. The van der Waals surface area contributed by atoms with Gasteiger partial charge in [-0.1, -0.05) is 0 Å². The Kier molecular flexibility index (Phi) is 2.03. The lowest BCUT2D eigenvalue weighted by molar-refractivity contribution is 0.767. The van der Waals surface area contributed by atoms with Crippen molar-refractivity contribution in [3.05, 3.63) is 28.6 Å². The normalized spacial score (nSPS) is 14.7. The predicted octanol–water partition coefficient (Wildman–Crippen LogP) is 1.62. The average molecular weight is 233 g/mol. The van der Waals surface area contributed by atoms with Gasteiger partial charge in [0.1, 0.15) is 5.82 Å². The molecule has 1 N–H and O–H groups in total. The number of hydrogen-bond donors (Lipinski definition) is 1. The first-order chi connectivity index (χ1) is 7.74. The summed E-state index contributed by atoms with van der Waals surface area (Å²) < 4.78 is 4.39. The van der Waals surface area contributed by atoms with Gasteiger partial charge in [-0.2, -0.15) is 10.2 Å². The van der Waals surface area contributed by atoms with Gasteiger partial charge in [0.15, 0.2) is 4.77 Å². The number of aryl methyl sites for hydroxylation is 2. The molecule has 2 aromatic rings. The Hall–Kier alpha value is -1.69. The van der Waals surface area contributed by atoms with Crippen molar-refractivity contribution < 1.29 is 0 Å². The lowest BCUT2D eigenvalue weighted by atomic mass is 10.0. The Morgan fingerprint density at radius 1 is 1.44 bits per heavy atom. The SMILES string of the molecule is Cn1cc(C2=Cn3c(n[nH]c3=S)CC2)cn1. The molecule has 0 bridgehead atoms. The fourth-order valence-corrected chi connectivity index (χ4v) is 2.12. The van der Waals surface area contributed by atoms with E-state index in [0.717, 1.165) is 24.2 Å². The molecule has 0 fully saturated rings. The fourth-order valence-electron chi connectivity index (χ4n) is 1.92. The van der Waals surface area contributed by atoms with Crippen LogP contribution in [0.3, 0.4) is 0 Å². The van der Waals surface area contributed by atoms with E-state index in [1.165, 1.54) is 5.57 Å². The van der Waals surface area contributed by atoms with Crippen molar-refractivity contribution in [2.24, 2.45) is 7.05 Å². The van der Waals surface area contributed by atoms with Crippen LogP contribution >= 0.6 is 12.2 Å². The van der Waals surface area contributed by atoms with Crippen molar-refractivity contribution in [3.63, 3.8) is 0 Å². The van der Waals surface area contributed by atoms with Crippen molar-refractivity contribution in [2.75, 3.05) is 0 Å². The van der Waals surface area contributed by atoms with Gasteiger partial charge >= 0.3 is 0 Å². The number of aromatic nitrogens is 5. The van der Waals surface area contributed by atoms with E-state index in [-0.39, 0.29) is 0 Å². The maximum Gasteiger partial charge on any atom is 0.199 e. The largest absolute Gasteiger partial charge is 0.279 e. The minimum atomic E-state index is 0.649. The van der Waals surface area contributed by atoms with Gasteiger partial charge in [0.25, 0.3) is 0 Å². The lowest BCUT2D eigenvalue weighted by Gasteiger charge is -2.12. The summed E-state index contributed by atoms with van der Waals surface area (Å²) in [5.41, 5.74) is 2.40. The van der Waals surface area contributed by atoms with Gasteiger partial charge in [0.2, 0.25) is 0 Å². The molecule has 0 aromatic carbocycles. The number of nitrogens with one attached hydrogen (secondary N) is 1. The zero-order chi connectivity index (χ0) is 11.1. The lowest BCUT2D eigenvalue weighted by Crippen LogP contribution is -2.04. The smallest absolute Gasteiger partial charge is 0.199 e. The number of H-pyrrole nitrogens is 1. The van der Waals surface area contributed by atoms with Crippen molar-refractivity contribution >= 4 is 24.0 Å². The number of allylic oxidation sites excluding steroid dienone is 1. The van der Waals surface area contributed by atoms with Crippen LogP contribution in [0.15, 0.2) is 12.4 Å². The van der Waals surface area contributed by atoms with E-state index in [1.807, 2.05) is 30.2 Å². The molecule has 2 aromatic heterocycles. The third-order valence-electron chi connectivity index (χ3n) is 2.76. The molecule has 0 radical (unpaired) electrons. The highest BCUT2D eigenvalue weighted by Gasteiger charge is 2.14. The molecule has 0 spiro atoms. The Labute approximate surface area is 97.4 Å². The van der Waals surface area contributed by atoms with Gasteiger partial charge in [-0.25, -0.2) is 0 Å². The second-order valence-electron chi connectivity index (χ2n) is 3.87. The monoisotopic (exact) mass is 233 g/mol. The molecule has 82 valence electrons. The van der Waals surface area contributed by atoms with Crippen molar-refractivity contribution in [1.82, 2.24) is 24.5 Å². The minimum absolute atomic E-state index is 0.649. The fraction of sp³-hybridized carbons (Fsp3) is 0.300. The van der Waals surface area contributed by atoms with Crippen molar-refractivity contribution in [2.45, 2.75) is 12.8 Å². The second kappa shape index (κ2) is 3.41. The second-order valence-corrected chi connectivity index (χ2v) is 4.26. The summed E-state index contributed by atoms with van der Waals surface area (Å²) in [5, 5.41) is 11.2. The molecule has 0 unspecified atom stereocenters. The molecule has 0 atom stereocenters. The highest BCUT2D eigenvalue weighted by Crippen LogP contribution is 2.25. The Morgan fingerprint density at radius 2 is 2.31 bits per heavy atom. The summed E-state index contributed by atoms with van der Waals surface area (Å²) in [6.07, 6.45) is 7.82. The predicted molar refractivity (Wildman–Crippen MR) is 63.1 cm³/mol. The van der Waals surface area contributed by atoms with Gasteiger partial charge in [-0.3, -0.25) is 14.3 Å². The summed E-state index contributed by atoms with van der Waals surface area (Å²) >= 11 is 5.16. The Morgan fingerprint density at radius 3 is 3.06 bits per heavy atom. The van der Waals surface area contributed by atoms with Gasteiger partial charge in [0.05, 0.1) is 6.20 Å². The Balaban J connectivity index is 2.09. The average Bonchev–Trinajstić information content (AvgIpc) is 2.86. The van der Waals surface area contributed by atoms with E-state index in [2.05, 4.69) is 15.3 Å². The molecule has 0 aliphatic carbocycles. The van der Waals surface area contributed by atoms with Gasteiger partial charge in [0, 0.05) is 31.4 Å². The van der Waals surface area contributed by atoms with Crippen LogP contribution in [0.1, 0.15) is 17.8 Å². The zero-order valence-electron chi connectivity index (χ0n) is 8.84. The third kappa shape index (κ3) is 1.42. The summed E-state index contributed by atoms with van der Waals surface area (Å²) in [7, 11) is 1.92. The van der Waals surface area contributed by atoms with Crippen LogP contribution < -0.4 is 0 Å². The standard InChI is InChI=1S/C10H11N5S/c1-14-5-8(4-11-14)7-2-3-9-12-13-10(16)15(9)6-7/h4-6H,2-3H2,1H3,(H,13,16). The number of fused-ring (bicyclic) bond motifs is 1. The number of aromatic amines is 1. The van der Waals surface area contributed by atoms with E-state index >= 15 is 0 Å². The molecular weight excluding hydrogens is 222 g/mol. The summed E-state index contributed by atoms with van der Waals surface area (Å²) in [5.74, 6) is 0.998. The summed E-state index contributed by atoms with van der Waals surface area (Å²) in [6.45, 7) is 0. The quantitative estimate of drug-likeness (QED) is 0.761. The first kappa shape index (κ1) is 9.53. The van der Waals surface area contributed by atoms with Crippen LogP contribution in [0.2, 0.25) is 0 Å². The molecule has 16 heavy (non-hydrogen) atoms. The van der Waals surface area contributed by atoms with Gasteiger partial charge in [-0.05, 0) is 24.2 Å². The molecule has 0 saturated carbocycles. The molecule has 0 saturated heterocycles. The molecule has 0 amide bonds. The van der Waals surface area contributed by atoms with Crippen LogP contribution in [0.25, 0.3) is 11.8 Å². The number of nitrogens with zero attached hydrogens (tertiary/aromatic N) is 4. The van der Waals surface area contributed by atoms with E-state index in [4.69, 9.17) is 12.2 Å². The maximum absolute atomic E-state index is 5.16. The molecule has 1 aliphatic rings. The van der Waals surface area contributed by atoms with Crippen molar-refractivity contribution in [1.29, 1.82) is 0 Å². The van der Waals surface area contributed by atoms with Crippen molar-refractivity contribution in [3.8, 4) is 0 Å². The van der Waals surface area contributed by atoms with E-state index in [1.54, 1.807) is 4.68 Å². The first-order valence-corrected chi connectivity index (χ1v) is 5.50. The molecule has 3 heterocycles. The summed E-state index contributed by atoms with van der Waals surface area (Å²) in [6, 6.07) is 0. The molecule has 6 heteroatoms. The van der Waals surface area contributed by atoms with Gasteiger partial charge in [-0.15, -0.1) is 0 Å². The van der Waals surface area contributed by atoms with E-state index in [0.29, 0.717) is 4.77 Å². The third-order valence-corrected chi connectivity index (χ3v) is 3.04. The molecule has 5 nitrogen and oxygen atoms in total. The number of hydrogen-bond acceptors (Lipinski definition) is 3. The molecule has 3 rings (SSSR count). The van der Waals surface area contributed by atoms with Crippen LogP contribution in [0.5, 0.6) is 0 Å². The first-order valence-electron chi connectivity index (χ1n) is 5.09. The topological polar surface area (TPSA) is 51.4 Å². The molecule has 1 aliphatic heterocycles. The van der Waals surface area contributed by atoms with E-state index < -0.39 is 0 Å². The van der Waals surface area contributed by atoms with Crippen LogP contribution in [0, 0.1) is 4.77 Å². The summed E-state index contributed by atoms with van der Waals surface area (Å²) in [4.78, 5) is 0. The van der Waals surface area contributed by atoms with Crippen LogP contribution in [-0.2, 0) is 13.5 Å². The van der Waals surface area contributed by atoms with E-state index in [9.17, 15) is 0 Å². The van der Waals surface area contributed by atoms with Crippen LogP contribution in [0.4, 0.5) is 0 Å². The number of rotatable bonds is 1.